The van der Waals surface area contributed by atoms with Crippen LogP contribution in [0.1, 0.15) is 17.5 Å². The highest BCUT2D eigenvalue weighted by molar-refractivity contribution is 5.87. The lowest BCUT2D eigenvalue weighted by molar-refractivity contribution is 1.28. The van der Waals surface area contributed by atoms with Gasteiger partial charge in [0.05, 0.1) is 0 Å². The lowest BCUT2D eigenvalue weighted by Crippen LogP contribution is -1.93. The molecule has 0 spiro atoms. The Morgan fingerprint density at radius 3 is 1.94 bits per heavy atom. The molecule has 1 radical (unpaired) electrons. The van der Waals surface area contributed by atoms with E-state index in [4.69, 9.17) is 0 Å². The van der Waals surface area contributed by atoms with Crippen LogP contribution in [-0.4, -0.2) is 0 Å². The fraction of sp³-hybridized carbons (Fsp3) is 0.0556. The van der Waals surface area contributed by atoms with Crippen molar-refractivity contribution in [3.05, 3.63) is 90.4 Å². The number of allylic oxidation sites excluding steroid dienone is 4. The maximum Gasteiger partial charge on any atom is -0.0117 e. The molecule has 0 saturated heterocycles. The fourth-order valence-electron chi connectivity index (χ4n) is 2.27. The highest BCUT2D eigenvalue weighted by Crippen LogP contribution is 2.30. The summed E-state index contributed by atoms with van der Waals surface area (Å²) >= 11 is 0. The van der Waals surface area contributed by atoms with E-state index in [9.17, 15) is 0 Å². The van der Waals surface area contributed by atoms with Gasteiger partial charge in [0.1, 0.15) is 0 Å². The smallest absolute Gasteiger partial charge is 0.0117 e. The van der Waals surface area contributed by atoms with Crippen LogP contribution in [0.25, 0.3) is 11.1 Å². The first-order valence-electron chi connectivity index (χ1n) is 6.28. The molecule has 0 saturated carbocycles. The van der Waals surface area contributed by atoms with E-state index >= 15 is 0 Å². The Labute approximate surface area is 108 Å². The SMILES string of the molecule is [CH]1C=C(c2ccccc2)C=C(c2ccccc2)C1. The standard InChI is InChI=1S/C18H15/c1-3-8-15(9-4-1)17-12-7-13-18(14-17)16-10-5-2-6-11-16/h1-12,14H,13H2. The normalized spacial score (nSPS) is 14.9. The third kappa shape index (κ3) is 2.28. The Balaban J connectivity index is 1.95. The second-order valence-electron chi connectivity index (χ2n) is 4.46. The molecule has 87 valence electrons. The fourth-order valence-corrected chi connectivity index (χ4v) is 2.27. The number of benzene rings is 2. The predicted octanol–water partition coefficient (Wildman–Crippen LogP) is 4.76. The molecule has 0 heteroatoms. The molecule has 0 heterocycles. The van der Waals surface area contributed by atoms with Crippen LogP contribution < -0.4 is 0 Å². The summed E-state index contributed by atoms with van der Waals surface area (Å²) in [4.78, 5) is 0. The van der Waals surface area contributed by atoms with Crippen molar-refractivity contribution in [2.24, 2.45) is 0 Å². The first kappa shape index (κ1) is 11.0. The van der Waals surface area contributed by atoms with Crippen molar-refractivity contribution in [2.45, 2.75) is 6.42 Å². The van der Waals surface area contributed by atoms with Gasteiger partial charge in [-0.05, 0) is 35.1 Å². The third-order valence-corrected chi connectivity index (χ3v) is 3.22. The Bertz CT molecular complexity index is 574. The molecule has 3 rings (SSSR count). The minimum Gasteiger partial charge on any atom is -0.0726 e. The third-order valence-electron chi connectivity index (χ3n) is 3.22. The summed E-state index contributed by atoms with van der Waals surface area (Å²) in [7, 11) is 0. The van der Waals surface area contributed by atoms with E-state index in [-0.39, 0.29) is 0 Å². The molecule has 0 atom stereocenters. The molecule has 0 nitrogen and oxygen atoms in total. The summed E-state index contributed by atoms with van der Waals surface area (Å²) in [6, 6.07) is 21.1. The van der Waals surface area contributed by atoms with Crippen LogP contribution in [0, 0.1) is 6.42 Å². The minimum absolute atomic E-state index is 1.01. The molecule has 0 bridgehead atoms. The largest absolute Gasteiger partial charge is 0.0726 e. The number of rotatable bonds is 2. The number of hydrogen-bond acceptors (Lipinski definition) is 0. The van der Waals surface area contributed by atoms with Gasteiger partial charge in [0.25, 0.3) is 0 Å². The van der Waals surface area contributed by atoms with E-state index in [0.717, 1.165) is 6.42 Å². The van der Waals surface area contributed by atoms with Crippen molar-refractivity contribution in [3.8, 4) is 0 Å². The maximum absolute atomic E-state index is 2.30. The molecular weight excluding hydrogens is 216 g/mol. The van der Waals surface area contributed by atoms with Gasteiger partial charge < -0.3 is 0 Å². The topological polar surface area (TPSA) is 0 Å². The van der Waals surface area contributed by atoms with E-state index in [2.05, 4.69) is 79.2 Å². The van der Waals surface area contributed by atoms with Gasteiger partial charge in [0.2, 0.25) is 0 Å². The monoisotopic (exact) mass is 231 g/mol. The van der Waals surface area contributed by atoms with Crippen molar-refractivity contribution in [1.82, 2.24) is 0 Å². The highest BCUT2D eigenvalue weighted by Gasteiger charge is 2.08. The Morgan fingerprint density at radius 2 is 1.28 bits per heavy atom. The van der Waals surface area contributed by atoms with Crippen molar-refractivity contribution in [2.75, 3.05) is 0 Å². The molecule has 0 N–H and O–H groups in total. The van der Waals surface area contributed by atoms with Crippen LogP contribution in [0.4, 0.5) is 0 Å². The van der Waals surface area contributed by atoms with Crippen molar-refractivity contribution in [1.29, 1.82) is 0 Å². The summed E-state index contributed by atoms with van der Waals surface area (Å²) in [5, 5.41) is 0. The quantitative estimate of drug-likeness (QED) is 0.699. The molecule has 1 aliphatic carbocycles. The van der Waals surface area contributed by atoms with E-state index < -0.39 is 0 Å². The van der Waals surface area contributed by atoms with Gasteiger partial charge in [0, 0.05) is 0 Å². The maximum atomic E-state index is 2.30. The van der Waals surface area contributed by atoms with Gasteiger partial charge in [-0.1, -0.05) is 72.8 Å². The lowest BCUT2D eigenvalue weighted by Gasteiger charge is -2.14. The van der Waals surface area contributed by atoms with Gasteiger partial charge in [-0.2, -0.15) is 0 Å². The molecular formula is C18H15. The zero-order chi connectivity index (χ0) is 12.2. The van der Waals surface area contributed by atoms with Crippen molar-refractivity contribution in [3.63, 3.8) is 0 Å². The van der Waals surface area contributed by atoms with Crippen molar-refractivity contribution >= 4 is 11.1 Å². The first-order chi connectivity index (χ1) is 8.93. The molecule has 0 aromatic heterocycles. The zero-order valence-corrected chi connectivity index (χ0v) is 10.2. The Morgan fingerprint density at radius 1 is 0.667 bits per heavy atom. The predicted molar refractivity (Wildman–Crippen MR) is 77.8 cm³/mol. The first-order valence-corrected chi connectivity index (χ1v) is 6.28. The van der Waals surface area contributed by atoms with E-state index in [1.807, 2.05) is 0 Å². The van der Waals surface area contributed by atoms with Crippen LogP contribution in [0.15, 0.2) is 72.8 Å². The van der Waals surface area contributed by atoms with Gasteiger partial charge >= 0.3 is 0 Å². The van der Waals surface area contributed by atoms with Gasteiger partial charge in [0.15, 0.2) is 0 Å². The van der Waals surface area contributed by atoms with Crippen molar-refractivity contribution < 1.29 is 0 Å². The second-order valence-corrected chi connectivity index (χ2v) is 4.46. The van der Waals surface area contributed by atoms with E-state index in [1.165, 1.54) is 22.3 Å². The van der Waals surface area contributed by atoms with Gasteiger partial charge in [-0.25, -0.2) is 0 Å². The summed E-state index contributed by atoms with van der Waals surface area (Å²) in [6.45, 7) is 0. The molecule has 18 heavy (non-hydrogen) atoms. The molecule has 0 aliphatic heterocycles. The van der Waals surface area contributed by atoms with Gasteiger partial charge in [-0.15, -0.1) is 0 Å². The summed E-state index contributed by atoms with van der Waals surface area (Å²) in [6.07, 6.45) is 7.76. The van der Waals surface area contributed by atoms with E-state index in [0.29, 0.717) is 0 Å². The zero-order valence-electron chi connectivity index (χ0n) is 10.2. The Hall–Kier alpha value is -2.08. The Kier molecular flexibility index (Phi) is 3.10. The van der Waals surface area contributed by atoms with Crippen LogP contribution in [0.5, 0.6) is 0 Å². The summed E-state index contributed by atoms with van der Waals surface area (Å²) in [5.74, 6) is 0. The van der Waals surface area contributed by atoms with Gasteiger partial charge in [-0.3, -0.25) is 0 Å². The summed E-state index contributed by atoms with van der Waals surface area (Å²) < 4.78 is 0. The van der Waals surface area contributed by atoms with Crippen LogP contribution in [-0.2, 0) is 0 Å². The van der Waals surface area contributed by atoms with E-state index in [1.54, 1.807) is 0 Å². The van der Waals surface area contributed by atoms with Crippen LogP contribution in [0.3, 0.4) is 0 Å². The van der Waals surface area contributed by atoms with Crippen LogP contribution >= 0.6 is 0 Å². The number of hydrogen-bond donors (Lipinski definition) is 0. The average molecular weight is 231 g/mol. The molecule has 2 aromatic rings. The second kappa shape index (κ2) is 5.05. The molecule has 0 amide bonds. The summed E-state index contributed by atoms with van der Waals surface area (Å²) in [5.41, 5.74) is 5.27. The molecule has 1 aliphatic rings. The van der Waals surface area contributed by atoms with Crippen LogP contribution in [0.2, 0.25) is 0 Å². The highest BCUT2D eigenvalue weighted by atomic mass is 14.1. The average Bonchev–Trinajstić information content (AvgIpc) is 2.49. The molecule has 0 fully saturated rings. The molecule has 2 aromatic carbocycles. The minimum atomic E-state index is 1.01. The lowest BCUT2D eigenvalue weighted by atomic mass is 9.91. The molecule has 0 unspecified atom stereocenters.